The maximum absolute atomic E-state index is 12.3. The van der Waals surface area contributed by atoms with Crippen molar-refractivity contribution in [2.45, 2.75) is 6.61 Å². The quantitative estimate of drug-likeness (QED) is 0.761. The van der Waals surface area contributed by atoms with E-state index in [1.54, 1.807) is 12.1 Å². The Labute approximate surface area is 142 Å². The number of carbonyl (C=O) groups excluding carboxylic acids is 1. The molecule has 1 aliphatic rings. The van der Waals surface area contributed by atoms with Gasteiger partial charge in [0, 0.05) is 10.0 Å². The van der Waals surface area contributed by atoms with E-state index in [0.717, 1.165) is 10.0 Å². The molecule has 0 saturated heterocycles. The summed E-state index contributed by atoms with van der Waals surface area (Å²) >= 11 is 3.43. The minimum absolute atomic E-state index is 0.178. The molecule has 0 spiro atoms. The number of carbonyl (C=O) groups is 1. The summed E-state index contributed by atoms with van der Waals surface area (Å²) in [5.74, 6) is 1.01. The van der Waals surface area contributed by atoms with Crippen LogP contribution in [0.1, 0.15) is 15.9 Å². The molecule has 0 fully saturated rings. The van der Waals surface area contributed by atoms with Crippen LogP contribution in [0.15, 0.2) is 40.9 Å². The van der Waals surface area contributed by atoms with Crippen molar-refractivity contribution < 1.29 is 23.7 Å². The average Bonchev–Trinajstić information content (AvgIpc) is 2.59. The van der Waals surface area contributed by atoms with Crippen molar-refractivity contribution in [1.82, 2.24) is 0 Å². The van der Waals surface area contributed by atoms with Crippen LogP contribution in [0, 0.1) is 0 Å². The highest BCUT2D eigenvalue weighted by atomic mass is 79.9. The van der Waals surface area contributed by atoms with E-state index in [-0.39, 0.29) is 6.61 Å². The molecule has 2 aromatic rings. The molecule has 1 aliphatic heterocycles. The van der Waals surface area contributed by atoms with Gasteiger partial charge in [-0.15, -0.1) is 0 Å². The maximum atomic E-state index is 12.3. The Bertz CT molecular complexity index is 712. The Morgan fingerprint density at radius 1 is 1.22 bits per heavy atom. The fourth-order valence-corrected chi connectivity index (χ4v) is 2.63. The predicted molar refractivity (Wildman–Crippen MR) is 87.2 cm³/mol. The van der Waals surface area contributed by atoms with Crippen molar-refractivity contribution in [3.8, 4) is 17.2 Å². The molecule has 0 aromatic heterocycles. The molecular formula is C17H15BrO5. The first-order valence-corrected chi connectivity index (χ1v) is 7.86. The van der Waals surface area contributed by atoms with Crippen LogP contribution < -0.4 is 14.2 Å². The van der Waals surface area contributed by atoms with Crippen molar-refractivity contribution in [3.05, 3.63) is 52.0 Å². The summed E-state index contributed by atoms with van der Waals surface area (Å²) in [4.78, 5) is 12.3. The number of methoxy groups -OCH3 is 1. The average molecular weight is 379 g/mol. The third-order valence-electron chi connectivity index (χ3n) is 3.38. The number of hydrogen-bond acceptors (Lipinski definition) is 5. The van der Waals surface area contributed by atoms with Gasteiger partial charge in [-0.1, -0.05) is 34.1 Å². The molecule has 0 bridgehead atoms. The summed E-state index contributed by atoms with van der Waals surface area (Å²) in [5.41, 5.74) is 1.25. The normalized spacial score (nSPS) is 12.6. The topological polar surface area (TPSA) is 54.0 Å². The molecule has 0 saturated carbocycles. The van der Waals surface area contributed by atoms with Gasteiger partial charge in [0.15, 0.2) is 11.5 Å². The van der Waals surface area contributed by atoms with Crippen molar-refractivity contribution in [2.75, 3.05) is 20.3 Å². The minimum Gasteiger partial charge on any atom is -0.493 e. The molecule has 23 heavy (non-hydrogen) atoms. The number of fused-ring (bicyclic) bond motifs is 1. The van der Waals surface area contributed by atoms with Crippen LogP contribution in [0.2, 0.25) is 0 Å². The second-order valence-corrected chi connectivity index (χ2v) is 5.72. The lowest BCUT2D eigenvalue weighted by atomic mass is 10.1. The molecular weight excluding hydrogens is 364 g/mol. The number of ether oxygens (including phenoxy) is 4. The molecule has 1 heterocycles. The standard InChI is InChI=1S/C17H15BrO5/c1-20-14-8-12(9-15-16(14)22-7-6-21-15)17(19)23-10-11-4-2-3-5-13(11)18/h2-5,8-9H,6-7,10H2,1H3. The molecule has 0 radical (unpaired) electrons. The number of halogens is 1. The molecule has 0 unspecified atom stereocenters. The van der Waals surface area contributed by atoms with Gasteiger partial charge < -0.3 is 18.9 Å². The van der Waals surface area contributed by atoms with Crippen LogP contribution in [-0.4, -0.2) is 26.3 Å². The largest absolute Gasteiger partial charge is 0.493 e. The summed E-state index contributed by atoms with van der Waals surface area (Å²) in [6.45, 7) is 1.07. The highest BCUT2D eigenvalue weighted by Gasteiger charge is 2.21. The van der Waals surface area contributed by atoms with E-state index in [1.165, 1.54) is 7.11 Å². The first-order chi connectivity index (χ1) is 11.2. The van der Waals surface area contributed by atoms with E-state index in [0.29, 0.717) is 36.0 Å². The number of hydrogen-bond donors (Lipinski definition) is 0. The zero-order chi connectivity index (χ0) is 16.2. The van der Waals surface area contributed by atoms with Gasteiger partial charge in [0.2, 0.25) is 5.75 Å². The van der Waals surface area contributed by atoms with Crippen LogP contribution in [0.25, 0.3) is 0 Å². The van der Waals surface area contributed by atoms with E-state index in [4.69, 9.17) is 18.9 Å². The molecule has 5 nitrogen and oxygen atoms in total. The predicted octanol–water partition coefficient (Wildman–Crippen LogP) is 3.59. The Morgan fingerprint density at radius 3 is 2.78 bits per heavy atom. The van der Waals surface area contributed by atoms with Crippen LogP contribution in [0.4, 0.5) is 0 Å². The molecule has 120 valence electrons. The molecule has 0 amide bonds. The molecule has 0 atom stereocenters. The van der Waals surface area contributed by atoms with Gasteiger partial charge in [0.25, 0.3) is 0 Å². The van der Waals surface area contributed by atoms with Gasteiger partial charge in [0.1, 0.15) is 19.8 Å². The fraction of sp³-hybridized carbons (Fsp3) is 0.235. The Kier molecular flexibility index (Phi) is 4.71. The zero-order valence-electron chi connectivity index (χ0n) is 12.5. The van der Waals surface area contributed by atoms with Crippen molar-refractivity contribution in [2.24, 2.45) is 0 Å². The van der Waals surface area contributed by atoms with Crippen LogP contribution in [-0.2, 0) is 11.3 Å². The van der Waals surface area contributed by atoms with E-state index < -0.39 is 5.97 Å². The molecule has 6 heteroatoms. The number of benzene rings is 2. The second-order valence-electron chi connectivity index (χ2n) is 4.87. The van der Waals surface area contributed by atoms with Gasteiger partial charge >= 0.3 is 5.97 Å². The van der Waals surface area contributed by atoms with Gasteiger partial charge in [-0.25, -0.2) is 4.79 Å². The highest BCUT2D eigenvalue weighted by molar-refractivity contribution is 9.10. The number of rotatable bonds is 4. The van der Waals surface area contributed by atoms with Gasteiger partial charge in [0.05, 0.1) is 12.7 Å². The SMILES string of the molecule is COc1cc(C(=O)OCc2ccccc2Br)cc2c1OCCO2. The van der Waals surface area contributed by atoms with Gasteiger partial charge in [-0.2, -0.15) is 0 Å². The highest BCUT2D eigenvalue weighted by Crippen LogP contribution is 2.40. The smallest absolute Gasteiger partial charge is 0.338 e. The summed E-state index contributed by atoms with van der Waals surface area (Å²) in [6.07, 6.45) is 0. The summed E-state index contributed by atoms with van der Waals surface area (Å²) in [7, 11) is 1.52. The van der Waals surface area contributed by atoms with E-state index >= 15 is 0 Å². The number of esters is 1. The summed E-state index contributed by atoms with van der Waals surface area (Å²) < 4.78 is 22.6. The van der Waals surface area contributed by atoms with Crippen molar-refractivity contribution >= 4 is 21.9 Å². The van der Waals surface area contributed by atoms with Crippen molar-refractivity contribution in [1.29, 1.82) is 0 Å². The maximum Gasteiger partial charge on any atom is 0.338 e. The monoisotopic (exact) mass is 378 g/mol. The molecule has 3 rings (SSSR count). The van der Waals surface area contributed by atoms with Gasteiger partial charge in [-0.3, -0.25) is 0 Å². The Balaban J connectivity index is 1.78. The molecule has 0 N–H and O–H groups in total. The van der Waals surface area contributed by atoms with Crippen LogP contribution in [0.3, 0.4) is 0 Å². The zero-order valence-corrected chi connectivity index (χ0v) is 14.1. The first-order valence-electron chi connectivity index (χ1n) is 7.07. The Hall–Kier alpha value is -2.21. The van der Waals surface area contributed by atoms with E-state index in [1.807, 2.05) is 24.3 Å². The first kappa shape index (κ1) is 15.7. The lowest BCUT2D eigenvalue weighted by molar-refractivity contribution is 0.0470. The van der Waals surface area contributed by atoms with Gasteiger partial charge in [-0.05, 0) is 18.2 Å². The van der Waals surface area contributed by atoms with Crippen molar-refractivity contribution in [3.63, 3.8) is 0 Å². The molecule has 2 aromatic carbocycles. The fourth-order valence-electron chi connectivity index (χ4n) is 2.23. The summed E-state index contributed by atoms with van der Waals surface area (Å²) in [5, 5.41) is 0. The third-order valence-corrected chi connectivity index (χ3v) is 4.15. The Morgan fingerprint density at radius 2 is 2.00 bits per heavy atom. The lowest BCUT2D eigenvalue weighted by Crippen LogP contribution is -2.17. The van der Waals surface area contributed by atoms with E-state index in [2.05, 4.69) is 15.9 Å². The van der Waals surface area contributed by atoms with Crippen LogP contribution >= 0.6 is 15.9 Å². The van der Waals surface area contributed by atoms with Crippen LogP contribution in [0.5, 0.6) is 17.2 Å². The van der Waals surface area contributed by atoms with E-state index in [9.17, 15) is 4.79 Å². The third kappa shape index (κ3) is 3.42. The lowest BCUT2D eigenvalue weighted by Gasteiger charge is -2.21. The second kappa shape index (κ2) is 6.91. The minimum atomic E-state index is -0.448. The summed E-state index contributed by atoms with van der Waals surface area (Å²) in [6, 6.07) is 10.8. The molecule has 0 aliphatic carbocycles.